The van der Waals surface area contributed by atoms with Gasteiger partial charge in [0.2, 0.25) is 0 Å². The number of hydrogen-bond donors (Lipinski definition) is 1. The highest BCUT2D eigenvalue weighted by atomic mass is 19.1. The van der Waals surface area contributed by atoms with Crippen molar-refractivity contribution in [3.05, 3.63) is 125 Å². The van der Waals surface area contributed by atoms with Gasteiger partial charge in [0.25, 0.3) is 5.91 Å². The summed E-state index contributed by atoms with van der Waals surface area (Å²) >= 11 is 0. The molecule has 0 bridgehead atoms. The third kappa shape index (κ3) is 6.70. The topological polar surface area (TPSA) is 69.2 Å². The van der Waals surface area contributed by atoms with E-state index >= 15 is 0 Å². The maximum Gasteiger partial charge on any atom is 0.271 e. The second-order valence-electron chi connectivity index (χ2n) is 7.80. The molecule has 0 aromatic heterocycles. The molecule has 0 aliphatic carbocycles. The van der Waals surface area contributed by atoms with Gasteiger partial charge in [0, 0.05) is 11.1 Å². The normalized spacial score (nSPS) is 10.7. The van der Waals surface area contributed by atoms with E-state index in [0.717, 1.165) is 5.56 Å². The van der Waals surface area contributed by atoms with Crippen molar-refractivity contribution in [2.75, 3.05) is 7.11 Å². The van der Waals surface area contributed by atoms with Crippen molar-refractivity contribution in [3.8, 4) is 17.2 Å². The van der Waals surface area contributed by atoms with E-state index in [1.165, 1.54) is 25.5 Å². The Morgan fingerprint density at radius 3 is 2.33 bits per heavy atom. The van der Waals surface area contributed by atoms with Crippen LogP contribution in [0.15, 0.2) is 102 Å². The van der Waals surface area contributed by atoms with Gasteiger partial charge < -0.3 is 14.2 Å². The maximum atomic E-state index is 13.4. The van der Waals surface area contributed by atoms with Gasteiger partial charge in [-0.15, -0.1) is 0 Å². The van der Waals surface area contributed by atoms with Crippen molar-refractivity contribution < 1.29 is 23.4 Å². The summed E-state index contributed by atoms with van der Waals surface area (Å²) in [6.45, 7) is 0.585. The van der Waals surface area contributed by atoms with Crippen LogP contribution in [-0.2, 0) is 13.2 Å². The Balaban J connectivity index is 1.37. The molecule has 182 valence electrons. The van der Waals surface area contributed by atoms with E-state index in [-0.39, 0.29) is 12.4 Å². The summed E-state index contributed by atoms with van der Waals surface area (Å²) in [6, 6.07) is 28.2. The number of nitrogens with zero attached hydrogens (tertiary/aromatic N) is 1. The Hall–Kier alpha value is -4.65. The van der Waals surface area contributed by atoms with Crippen LogP contribution in [-0.4, -0.2) is 19.2 Å². The number of carbonyl (C=O) groups excluding carboxylic acids is 1. The highest BCUT2D eigenvalue weighted by Crippen LogP contribution is 2.29. The zero-order valence-corrected chi connectivity index (χ0v) is 19.7. The average Bonchev–Trinajstić information content (AvgIpc) is 2.92. The largest absolute Gasteiger partial charge is 0.493 e. The molecule has 0 aliphatic heterocycles. The number of nitrogens with one attached hydrogen (secondary N) is 1. The predicted octanol–water partition coefficient (Wildman–Crippen LogP) is 5.76. The molecule has 0 heterocycles. The SMILES string of the molecule is COc1cc(C(=O)N/N=C/c2ccccc2OCc2cccc(F)c2)ccc1OCc1ccccc1. The molecular weight excluding hydrogens is 459 g/mol. The van der Waals surface area contributed by atoms with Gasteiger partial charge in [-0.2, -0.15) is 5.10 Å². The smallest absolute Gasteiger partial charge is 0.271 e. The quantitative estimate of drug-likeness (QED) is 0.230. The Bertz CT molecular complexity index is 1340. The first-order chi connectivity index (χ1) is 17.6. The second kappa shape index (κ2) is 12.2. The van der Waals surface area contributed by atoms with E-state index in [1.54, 1.807) is 42.5 Å². The lowest BCUT2D eigenvalue weighted by molar-refractivity contribution is 0.0954. The summed E-state index contributed by atoms with van der Waals surface area (Å²) in [5.74, 6) is 0.809. The van der Waals surface area contributed by atoms with Crippen molar-refractivity contribution in [2.45, 2.75) is 13.2 Å². The molecule has 0 aliphatic rings. The van der Waals surface area contributed by atoms with E-state index in [1.807, 2.05) is 42.5 Å². The standard InChI is InChI=1S/C29H25FN2O4/c1-34-28-17-23(14-15-27(28)36-19-21-8-3-2-4-9-21)29(33)32-31-18-24-11-5-6-13-26(24)35-20-22-10-7-12-25(30)16-22/h2-18H,19-20H2,1H3,(H,32,33)/b31-18+. The summed E-state index contributed by atoms with van der Waals surface area (Å²) in [6.07, 6.45) is 1.49. The highest BCUT2D eigenvalue weighted by Gasteiger charge is 2.11. The molecule has 4 rings (SSSR count). The van der Waals surface area contributed by atoms with Gasteiger partial charge in [-0.3, -0.25) is 4.79 Å². The van der Waals surface area contributed by atoms with E-state index < -0.39 is 5.91 Å². The molecule has 0 unspecified atom stereocenters. The molecule has 0 spiro atoms. The van der Waals surface area contributed by atoms with Crippen LogP contribution < -0.4 is 19.6 Å². The van der Waals surface area contributed by atoms with Crippen LogP contribution in [0, 0.1) is 5.82 Å². The number of rotatable bonds is 10. The Morgan fingerprint density at radius 2 is 1.53 bits per heavy atom. The number of carbonyl (C=O) groups is 1. The van der Waals surface area contributed by atoms with Gasteiger partial charge in [0.15, 0.2) is 11.5 Å². The monoisotopic (exact) mass is 484 g/mol. The fourth-order valence-electron chi connectivity index (χ4n) is 3.39. The van der Waals surface area contributed by atoms with Gasteiger partial charge >= 0.3 is 0 Å². The summed E-state index contributed by atoms with van der Waals surface area (Å²) in [7, 11) is 1.52. The number of hydrazone groups is 1. The van der Waals surface area contributed by atoms with Gasteiger partial charge in [0.1, 0.15) is 24.8 Å². The van der Waals surface area contributed by atoms with Crippen molar-refractivity contribution in [1.29, 1.82) is 0 Å². The number of amides is 1. The lowest BCUT2D eigenvalue weighted by Crippen LogP contribution is -2.17. The van der Waals surface area contributed by atoms with Crippen LogP contribution in [0.2, 0.25) is 0 Å². The van der Waals surface area contributed by atoms with Crippen LogP contribution in [0.3, 0.4) is 0 Å². The van der Waals surface area contributed by atoms with Crippen LogP contribution in [0.4, 0.5) is 4.39 Å². The zero-order valence-electron chi connectivity index (χ0n) is 19.7. The van der Waals surface area contributed by atoms with Crippen LogP contribution in [0.5, 0.6) is 17.2 Å². The molecule has 1 amide bonds. The minimum atomic E-state index is -0.405. The predicted molar refractivity (Wildman–Crippen MR) is 136 cm³/mol. The number of para-hydroxylation sites is 1. The summed E-state index contributed by atoms with van der Waals surface area (Å²) in [5.41, 5.74) is 5.28. The molecule has 4 aromatic carbocycles. The molecule has 7 heteroatoms. The molecule has 36 heavy (non-hydrogen) atoms. The van der Waals surface area contributed by atoms with Crippen LogP contribution in [0.25, 0.3) is 0 Å². The minimum absolute atomic E-state index is 0.202. The van der Waals surface area contributed by atoms with Crippen molar-refractivity contribution >= 4 is 12.1 Å². The first-order valence-electron chi connectivity index (χ1n) is 11.3. The van der Waals surface area contributed by atoms with E-state index in [4.69, 9.17) is 14.2 Å². The molecule has 4 aromatic rings. The Kier molecular flexibility index (Phi) is 8.27. The maximum absolute atomic E-state index is 13.4. The molecule has 1 N–H and O–H groups in total. The third-order valence-electron chi connectivity index (χ3n) is 5.24. The number of halogens is 1. The zero-order chi connectivity index (χ0) is 25.2. The van der Waals surface area contributed by atoms with E-state index in [9.17, 15) is 9.18 Å². The van der Waals surface area contributed by atoms with Gasteiger partial charge in [-0.1, -0.05) is 54.6 Å². The lowest BCUT2D eigenvalue weighted by Gasteiger charge is -2.12. The molecule has 0 fully saturated rings. The van der Waals surface area contributed by atoms with Crippen molar-refractivity contribution in [1.82, 2.24) is 5.43 Å². The molecule has 0 saturated heterocycles. The molecule has 0 radical (unpaired) electrons. The van der Waals surface area contributed by atoms with Crippen molar-refractivity contribution in [3.63, 3.8) is 0 Å². The number of methoxy groups -OCH3 is 1. The molecule has 0 atom stereocenters. The molecule has 0 saturated carbocycles. The number of hydrogen-bond acceptors (Lipinski definition) is 5. The van der Waals surface area contributed by atoms with Gasteiger partial charge in [-0.25, -0.2) is 9.82 Å². The van der Waals surface area contributed by atoms with Crippen LogP contribution >= 0.6 is 0 Å². The molecular formula is C29H25FN2O4. The highest BCUT2D eigenvalue weighted by molar-refractivity contribution is 5.95. The van der Waals surface area contributed by atoms with Gasteiger partial charge in [-0.05, 0) is 53.6 Å². The Morgan fingerprint density at radius 1 is 0.806 bits per heavy atom. The number of ether oxygens (including phenoxy) is 3. The van der Waals surface area contributed by atoms with Gasteiger partial charge in [0.05, 0.1) is 13.3 Å². The first kappa shape index (κ1) is 24.5. The van der Waals surface area contributed by atoms with Crippen LogP contribution in [0.1, 0.15) is 27.0 Å². The number of benzene rings is 4. The summed E-state index contributed by atoms with van der Waals surface area (Å²) < 4.78 is 30.5. The fraction of sp³-hybridized carbons (Fsp3) is 0.103. The van der Waals surface area contributed by atoms with E-state index in [0.29, 0.717) is 40.5 Å². The van der Waals surface area contributed by atoms with Crippen molar-refractivity contribution in [2.24, 2.45) is 5.10 Å². The summed E-state index contributed by atoms with van der Waals surface area (Å²) in [4.78, 5) is 12.6. The molecule has 6 nitrogen and oxygen atoms in total. The van der Waals surface area contributed by atoms with E-state index in [2.05, 4.69) is 10.5 Å². The lowest BCUT2D eigenvalue weighted by atomic mass is 10.2. The average molecular weight is 485 g/mol. The fourth-order valence-corrected chi connectivity index (χ4v) is 3.39. The Labute approximate surface area is 209 Å². The summed E-state index contributed by atoms with van der Waals surface area (Å²) in [5, 5.41) is 4.06. The second-order valence-corrected chi connectivity index (χ2v) is 7.80. The minimum Gasteiger partial charge on any atom is -0.493 e. The third-order valence-corrected chi connectivity index (χ3v) is 5.24. The first-order valence-corrected chi connectivity index (χ1v) is 11.3.